The van der Waals surface area contributed by atoms with Gasteiger partial charge in [-0.2, -0.15) is 0 Å². The van der Waals surface area contributed by atoms with Crippen LogP contribution in [0.1, 0.15) is 33.6 Å². The fourth-order valence-electron chi connectivity index (χ4n) is 6.51. The number of hydrogen-bond acceptors (Lipinski definition) is 5. The van der Waals surface area contributed by atoms with Gasteiger partial charge >= 0.3 is 0 Å². The van der Waals surface area contributed by atoms with Gasteiger partial charge in [-0.3, -0.25) is 14.4 Å². The summed E-state index contributed by atoms with van der Waals surface area (Å²) in [5.41, 5.74) is -1.29. The molecule has 0 aromatic heterocycles. The number of anilines is 1. The Morgan fingerprint density at radius 2 is 1.83 bits per heavy atom. The van der Waals surface area contributed by atoms with Crippen LogP contribution in [0.2, 0.25) is 0 Å². The van der Waals surface area contributed by atoms with Gasteiger partial charge in [0, 0.05) is 31.4 Å². The van der Waals surface area contributed by atoms with Crippen molar-refractivity contribution in [1.82, 2.24) is 9.80 Å². The van der Waals surface area contributed by atoms with Gasteiger partial charge in [-0.1, -0.05) is 30.4 Å². The van der Waals surface area contributed by atoms with E-state index >= 15 is 0 Å². The highest BCUT2D eigenvalue weighted by Gasteiger charge is 2.78. The van der Waals surface area contributed by atoms with Crippen molar-refractivity contribution in [3.8, 4) is 0 Å². The molecule has 8 heteroatoms. The van der Waals surface area contributed by atoms with Gasteiger partial charge in [-0.05, 0) is 45.7 Å². The van der Waals surface area contributed by atoms with Crippen molar-refractivity contribution in [3.05, 3.63) is 55.6 Å². The van der Waals surface area contributed by atoms with E-state index in [2.05, 4.69) is 13.2 Å². The summed E-state index contributed by atoms with van der Waals surface area (Å²) in [7, 11) is 0. The first-order valence-electron chi connectivity index (χ1n) is 12.7. The maximum Gasteiger partial charge on any atom is 0.248 e. The molecule has 2 unspecified atom stereocenters. The first-order chi connectivity index (χ1) is 17.2. The summed E-state index contributed by atoms with van der Waals surface area (Å²) in [6, 6.07) is 8.27. The molecule has 2 bridgehead atoms. The Hall–Kier alpha value is -2.97. The fraction of sp³-hybridized carbons (Fsp3) is 0.536. The molecule has 3 fully saturated rings. The Kier molecular flexibility index (Phi) is 7.12. The molecule has 4 rings (SSSR count). The van der Waals surface area contributed by atoms with Crippen molar-refractivity contribution in [1.29, 1.82) is 0 Å². The molecule has 0 saturated carbocycles. The van der Waals surface area contributed by atoms with Gasteiger partial charge in [0.15, 0.2) is 0 Å². The largest absolute Gasteiger partial charge is 0.395 e. The molecule has 3 aliphatic heterocycles. The normalized spacial score (nSPS) is 30.4. The molecule has 5 atom stereocenters. The van der Waals surface area contributed by atoms with Crippen molar-refractivity contribution in [2.24, 2.45) is 11.8 Å². The number of ether oxygens (including phenoxy) is 1. The van der Waals surface area contributed by atoms with Gasteiger partial charge in [0.1, 0.15) is 11.6 Å². The van der Waals surface area contributed by atoms with E-state index in [9.17, 15) is 19.5 Å². The molecular weight excluding hydrogens is 458 g/mol. The van der Waals surface area contributed by atoms with Crippen molar-refractivity contribution >= 4 is 23.4 Å². The summed E-state index contributed by atoms with van der Waals surface area (Å²) in [6.45, 7) is 13.6. The zero-order chi connectivity index (χ0) is 26.3. The Labute approximate surface area is 213 Å². The van der Waals surface area contributed by atoms with Crippen LogP contribution in [0, 0.1) is 11.8 Å². The van der Waals surface area contributed by atoms with Crippen LogP contribution in [0.5, 0.6) is 0 Å². The van der Waals surface area contributed by atoms with Crippen molar-refractivity contribution in [2.75, 3.05) is 31.1 Å². The number of likely N-dealkylation sites (tertiary alicyclic amines) is 1. The van der Waals surface area contributed by atoms with E-state index in [4.69, 9.17) is 4.74 Å². The summed E-state index contributed by atoms with van der Waals surface area (Å²) >= 11 is 0. The Bertz CT molecular complexity index is 1040. The minimum atomic E-state index is -1.12. The molecule has 1 spiro atoms. The second-order valence-corrected chi connectivity index (χ2v) is 10.4. The number of aliphatic hydroxyl groups excluding tert-OH is 1. The second-order valence-electron chi connectivity index (χ2n) is 10.4. The predicted molar refractivity (Wildman–Crippen MR) is 137 cm³/mol. The molecule has 0 radical (unpaired) electrons. The zero-order valence-electron chi connectivity index (χ0n) is 21.4. The smallest absolute Gasteiger partial charge is 0.248 e. The lowest BCUT2D eigenvalue weighted by Gasteiger charge is -2.38. The first kappa shape index (κ1) is 26.1. The van der Waals surface area contributed by atoms with Gasteiger partial charge in [0.2, 0.25) is 17.7 Å². The number of β-amino-alcohol motifs (C(OH)–C–C–N with tert-alkyl or cyclic N) is 1. The number of hydrogen-bond donors (Lipinski definition) is 1. The number of carbonyl (C=O) groups excluding carboxylic acids is 3. The second kappa shape index (κ2) is 9.82. The van der Waals surface area contributed by atoms with Crippen LogP contribution in [-0.2, 0) is 19.1 Å². The minimum absolute atomic E-state index is 0.00353. The lowest BCUT2D eigenvalue weighted by Crippen LogP contribution is -2.57. The Balaban J connectivity index is 1.79. The number of fused-ring (bicyclic) bond motifs is 1. The molecular formula is C28H37N3O5. The highest BCUT2D eigenvalue weighted by Crippen LogP contribution is 2.63. The maximum atomic E-state index is 14.2. The van der Waals surface area contributed by atoms with Gasteiger partial charge in [0.05, 0.1) is 24.0 Å². The van der Waals surface area contributed by atoms with Gasteiger partial charge in [-0.15, -0.1) is 13.2 Å². The zero-order valence-corrected chi connectivity index (χ0v) is 21.4. The topological polar surface area (TPSA) is 90.4 Å². The standard InChI is InChI=1S/C28H37N3O5/c1-6-15-29(19(3)4)26(35)23-28-14-13-27(5,36-28)21(22(28)25(34)31(23)17-18-32)24(33)30(16-7-2)20-11-9-8-10-12-20/h6-12,19,21-23,32H,1-2,13-18H2,3-5H3/t21-,22+,23?,27+,28?/m1/s1. The van der Waals surface area contributed by atoms with E-state index < -0.39 is 29.1 Å². The van der Waals surface area contributed by atoms with E-state index in [0.29, 0.717) is 25.1 Å². The van der Waals surface area contributed by atoms with Crippen LogP contribution < -0.4 is 4.90 Å². The average molecular weight is 496 g/mol. The molecule has 1 N–H and O–H groups in total. The minimum Gasteiger partial charge on any atom is -0.395 e. The van der Waals surface area contributed by atoms with Crippen LogP contribution in [0.15, 0.2) is 55.6 Å². The number of benzene rings is 1. The van der Waals surface area contributed by atoms with Gasteiger partial charge in [-0.25, -0.2) is 0 Å². The number of carbonyl (C=O) groups is 3. The third-order valence-corrected chi connectivity index (χ3v) is 8.00. The molecule has 1 aromatic carbocycles. The van der Waals surface area contributed by atoms with Crippen LogP contribution in [0.3, 0.4) is 0 Å². The molecule has 36 heavy (non-hydrogen) atoms. The van der Waals surface area contributed by atoms with Crippen LogP contribution >= 0.6 is 0 Å². The number of aliphatic hydroxyl groups is 1. The third-order valence-electron chi connectivity index (χ3n) is 8.00. The summed E-state index contributed by atoms with van der Waals surface area (Å²) < 4.78 is 6.67. The summed E-state index contributed by atoms with van der Waals surface area (Å²) in [5.74, 6) is -2.33. The van der Waals surface area contributed by atoms with Crippen LogP contribution in [0.25, 0.3) is 0 Å². The molecule has 3 aliphatic rings. The number of para-hydroxylation sites is 1. The maximum absolute atomic E-state index is 14.2. The first-order valence-corrected chi connectivity index (χ1v) is 12.7. The molecule has 0 aliphatic carbocycles. The van der Waals surface area contributed by atoms with Gasteiger partial charge < -0.3 is 24.5 Å². The van der Waals surface area contributed by atoms with E-state index in [1.807, 2.05) is 51.1 Å². The number of rotatable bonds is 10. The lowest BCUT2D eigenvalue weighted by molar-refractivity contribution is -0.152. The summed E-state index contributed by atoms with van der Waals surface area (Å²) in [4.78, 5) is 46.9. The van der Waals surface area contributed by atoms with Crippen LogP contribution in [0.4, 0.5) is 5.69 Å². The van der Waals surface area contributed by atoms with Gasteiger partial charge in [0.25, 0.3) is 0 Å². The van der Waals surface area contributed by atoms with Crippen molar-refractivity contribution in [2.45, 2.75) is 56.9 Å². The number of amides is 3. The monoisotopic (exact) mass is 495 g/mol. The fourth-order valence-corrected chi connectivity index (χ4v) is 6.51. The molecule has 3 heterocycles. The third kappa shape index (κ3) is 3.87. The van der Waals surface area contributed by atoms with E-state index in [1.165, 1.54) is 4.90 Å². The molecule has 1 aromatic rings. The lowest BCUT2D eigenvalue weighted by atomic mass is 9.66. The van der Waals surface area contributed by atoms with Crippen molar-refractivity contribution in [3.63, 3.8) is 0 Å². The summed E-state index contributed by atoms with van der Waals surface area (Å²) in [5, 5.41) is 9.80. The highest BCUT2D eigenvalue weighted by molar-refractivity contribution is 6.03. The van der Waals surface area contributed by atoms with Crippen molar-refractivity contribution < 1.29 is 24.2 Å². The molecule has 194 valence electrons. The highest BCUT2D eigenvalue weighted by atomic mass is 16.5. The Morgan fingerprint density at radius 3 is 2.42 bits per heavy atom. The SMILES string of the molecule is C=CCN(C(=O)[C@H]1[C@H]2C(=O)N(CCO)C(C(=O)N(CC=C)C(C)C)C23CC[C@]1(C)O3)c1ccccc1. The van der Waals surface area contributed by atoms with E-state index in [1.54, 1.807) is 22.0 Å². The average Bonchev–Trinajstić information content (AvgIpc) is 3.42. The Morgan fingerprint density at radius 1 is 1.17 bits per heavy atom. The summed E-state index contributed by atoms with van der Waals surface area (Å²) in [6.07, 6.45) is 4.38. The quantitative estimate of drug-likeness (QED) is 0.504. The van der Waals surface area contributed by atoms with E-state index in [0.717, 1.165) is 0 Å². The predicted octanol–water partition coefficient (Wildman–Crippen LogP) is 2.39. The van der Waals surface area contributed by atoms with E-state index in [-0.39, 0.29) is 43.5 Å². The molecule has 8 nitrogen and oxygen atoms in total. The molecule has 3 amide bonds. The number of nitrogens with zero attached hydrogens (tertiary/aromatic N) is 3. The molecule has 3 saturated heterocycles. The van der Waals surface area contributed by atoms with Crippen LogP contribution in [-0.4, -0.2) is 82.2 Å².